The number of rotatable bonds is 3. The lowest BCUT2D eigenvalue weighted by molar-refractivity contribution is 0.0690. The number of nitrogens with one attached hydrogen (secondary N) is 1. The molecular formula is C14H20N2O2. The number of aromatic carboxylic acids is 1. The van der Waals surface area contributed by atoms with Crippen LogP contribution >= 0.6 is 0 Å². The first-order valence-electron chi connectivity index (χ1n) is 6.52. The van der Waals surface area contributed by atoms with E-state index < -0.39 is 5.97 Å². The Morgan fingerprint density at radius 2 is 2.22 bits per heavy atom. The lowest BCUT2D eigenvalue weighted by Gasteiger charge is -2.33. The second-order valence-electron chi connectivity index (χ2n) is 5.38. The molecule has 0 bridgehead atoms. The molecule has 1 aromatic heterocycles. The normalized spacial score (nSPS) is 27.8. The van der Waals surface area contributed by atoms with Gasteiger partial charge in [-0.25, -0.2) is 9.78 Å². The Bertz CT molecular complexity index is 434. The zero-order valence-corrected chi connectivity index (χ0v) is 10.9. The highest BCUT2D eigenvalue weighted by Gasteiger charge is 2.25. The molecule has 1 aromatic rings. The number of nitrogens with zero attached hydrogens (tertiary/aromatic N) is 1. The van der Waals surface area contributed by atoms with Gasteiger partial charge in [0.15, 0.2) is 0 Å². The minimum Gasteiger partial charge on any atom is -0.477 e. The largest absolute Gasteiger partial charge is 0.477 e. The van der Waals surface area contributed by atoms with Crippen molar-refractivity contribution in [2.75, 3.05) is 5.32 Å². The molecule has 1 saturated carbocycles. The van der Waals surface area contributed by atoms with Crippen LogP contribution in [0.1, 0.15) is 43.6 Å². The van der Waals surface area contributed by atoms with E-state index in [1.807, 2.05) is 6.07 Å². The van der Waals surface area contributed by atoms with Gasteiger partial charge in [0.1, 0.15) is 5.69 Å². The van der Waals surface area contributed by atoms with Gasteiger partial charge in [0.25, 0.3) is 0 Å². The lowest BCUT2D eigenvalue weighted by Crippen LogP contribution is -2.33. The molecule has 1 heterocycles. The van der Waals surface area contributed by atoms with Gasteiger partial charge in [-0.3, -0.25) is 0 Å². The molecule has 1 fully saturated rings. The molecule has 3 atom stereocenters. The maximum absolute atomic E-state index is 10.9. The maximum Gasteiger partial charge on any atom is 0.354 e. The number of carboxylic acids is 1. The van der Waals surface area contributed by atoms with E-state index in [4.69, 9.17) is 5.11 Å². The third-order valence-corrected chi connectivity index (χ3v) is 3.76. The molecule has 98 valence electrons. The first-order valence-corrected chi connectivity index (χ1v) is 6.52. The van der Waals surface area contributed by atoms with Crippen LogP contribution in [0.4, 0.5) is 5.69 Å². The SMILES string of the molecule is CC1CCC(Nc2ccnc(C(=O)O)c2)C(C)C1. The van der Waals surface area contributed by atoms with Crippen molar-refractivity contribution in [2.24, 2.45) is 11.8 Å². The summed E-state index contributed by atoms with van der Waals surface area (Å²) in [6, 6.07) is 3.87. The molecule has 2 N–H and O–H groups in total. The summed E-state index contributed by atoms with van der Waals surface area (Å²) in [5.74, 6) is 0.434. The van der Waals surface area contributed by atoms with Crippen LogP contribution < -0.4 is 5.32 Å². The van der Waals surface area contributed by atoms with Crippen molar-refractivity contribution < 1.29 is 9.90 Å². The highest BCUT2D eigenvalue weighted by molar-refractivity contribution is 5.86. The molecule has 0 radical (unpaired) electrons. The number of hydrogen-bond donors (Lipinski definition) is 2. The van der Waals surface area contributed by atoms with Gasteiger partial charge in [-0.05, 0) is 43.2 Å². The first-order chi connectivity index (χ1) is 8.56. The van der Waals surface area contributed by atoms with E-state index in [1.165, 1.54) is 12.8 Å². The van der Waals surface area contributed by atoms with Gasteiger partial charge in [-0.15, -0.1) is 0 Å². The van der Waals surface area contributed by atoms with Crippen molar-refractivity contribution in [3.63, 3.8) is 0 Å². The molecule has 0 saturated heterocycles. The van der Waals surface area contributed by atoms with Gasteiger partial charge in [-0.2, -0.15) is 0 Å². The van der Waals surface area contributed by atoms with Crippen molar-refractivity contribution in [1.29, 1.82) is 0 Å². The maximum atomic E-state index is 10.9. The van der Waals surface area contributed by atoms with E-state index in [2.05, 4.69) is 24.1 Å². The average Bonchev–Trinajstić information content (AvgIpc) is 2.33. The van der Waals surface area contributed by atoms with Crippen molar-refractivity contribution in [3.8, 4) is 0 Å². The van der Waals surface area contributed by atoms with Gasteiger partial charge in [0.05, 0.1) is 0 Å². The minimum atomic E-state index is -0.982. The fourth-order valence-electron chi connectivity index (χ4n) is 2.73. The summed E-state index contributed by atoms with van der Waals surface area (Å²) >= 11 is 0. The molecule has 0 amide bonds. The highest BCUT2D eigenvalue weighted by atomic mass is 16.4. The van der Waals surface area contributed by atoms with Gasteiger partial charge < -0.3 is 10.4 Å². The molecule has 1 aliphatic carbocycles. The van der Waals surface area contributed by atoms with Crippen LogP contribution in [0.15, 0.2) is 18.3 Å². The molecule has 4 heteroatoms. The van der Waals surface area contributed by atoms with Crippen LogP contribution in [-0.2, 0) is 0 Å². The van der Waals surface area contributed by atoms with Gasteiger partial charge in [0, 0.05) is 17.9 Å². The van der Waals surface area contributed by atoms with Crippen LogP contribution in [0.5, 0.6) is 0 Å². The van der Waals surface area contributed by atoms with E-state index in [9.17, 15) is 4.79 Å². The smallest absolute Gasteiger partial charge is 0.354 e. The van der Waals surface area contributed by atoms with Crippen molar-refractivity contribution >= 4 is 11.7 Å². The number of carboxylic acid groups (broad SMARTS) is 1. The second kappa shape index (κ2) is 5.38. The fourth-order valence-corrected chi connectivity index (χ4v) is 2.73. The predicted octanol–water partition coefficient (Wildman–Crippen LogP) is 3.02. The Kier molecular flexibility index (Phi) is 3.84. The molecule has 18 heavy (non-hydrogen) atoms. The Morgan fingerprint density at radius 3 is 2.89 bits per heavy atom. The number of anilines is 1. The number of pyridine rings is 1. The van der Waals surface area contributed by atoms with Crippen LogP contribution in [0.3, 0.4) is 0 Å². The topological polar surface area (TPSA) is 62.2 Å². The van der Waals surface area contributed by atoms with Gasteiger partial charge in [0.2, 0.25) is 0 Å². The second-order valence-corrected chi connectivity index (χ2v) is 5.38. The number of hydrogen-bond acceptors (Lipinski definition) is 3. The molecule has 0 aliphatic heterocycles. The standard InChI is InChI=1S/C14H20N2O2/c1-9-3-4-12(10(2)7-9)16-11-5-6-15-13(8-11)14(17)18/h5-6,8-10,12H,3-4,7H2,1-2H3,(H,15,16)(H,17,18). The summed E-state index contributed by atoms with van der Waals surface area (Å²) < 4.78 is 0. The summed E-state index contributed by atoms with van der Waals surface area (Å²) in [6.45, 7) is 4.55. The van der Waals surface area contributed by atoms with Crippen LogP contribution in [0.2, 0.25) is 0 Å². The van der Waals surface area contributed by atoms with E-state index in [0.717, 1.165) is 18.0 Å². The first kappa shape index (κ1) is 12.9. The van der Waals surface area contributed by atoms with Crippen molar-refractivity contribution in [1.82, 2.24) is 4.98 Å². The lowest BCUT2D eigenvalue weighted by atomic mass is 9.80. The fraction of sp³-hybridized carbons (Fsp3) is 0.571. The molecule has 3 unspecified atom stereocenters. The Labute approximate surface area is 107 Å². The summed E-state index contributed by atoms with van der Waals surface area (Å²) in [7, 11) is 0. The summed E-state index contributed by atoms with van der Waals surface area (Å²) in [4.78, 5) is 14.7. The van der Waals surface area contributed by atoms with Crippen molar-refractivity contribution in [2.45, 2.75) is 39.2 Å². The summed E-state index contributed by atoms with van der Waals surface area (Å²) in [6.07, 6.45) is 5.16. The van der Waals surface area contributed by atoms with Crippen LogP contribution in [-0.4, -0.2) is 22.1 Å². The third-order valence-electron chi connectivity index (χ3n) is 3.76. The van der Waals surface area contributed by atoms with E-state index in [1.54, 1.807) is 12.3 Å². The quantitative estimate of drug-likeness (QED) is 0.863. The van der Waals surface area contributed by atoms with E-state index in [-0.39, 0.29) is 5.69 Å². The van der Waals surface area contributed by atoms with E-state index in [0.29, 0.717) is 12.0 Å². The van der Waals surface area contributed by atoms with Crippen LogP contribution in [0.25, 0.3) is 0 Å². The summed E-state index contributed by atoms with van der Waals surface area (Å²) in [5.41, 5.74) is 0.950. The van der Waals surface area contributed by atoms with Gasteiger partial charge >= 0.3 is 5.97 Å². The van der Waals surface area contributed by atoms with Crippen LogP contribution in [0, 0.1) is 11.8 Å². The predicted molar refractivity (Wildman–Crippen MR) is 70.8 cm³/mol. The monoisotopic (exact) mass is 248 g/mol. The molecule has 0 aromatic carbocycles. The van der Waals surface area contributed by atoms with Crippen molar-refractivity contribution in [3.05, 3.63) is 24.0 Å². The highest BCUT2D eigenvalue weighted by Crippen LogP contribution is 2.30. The Balaban J connectivity index is 2.05. The Hall–Kier alpha value is -1.58. The average molecular weight is 248 g/mol. The molecule has 2 rings (SSSR count). The zero-order chi connectivity index (χ0) is 13.1. The number of carbonyl (C=O) groups is 1. The minimum absolute atomic E-state index is 0.0943. The molecule has 0 spiro atoms. The molecular weight excluding hydrogens is 228 g/mol. The zero-order valence-electron chi connectivity index (χ0n) is 10.9. The summed E-state index contributed by atoms with van der Waals surface area (Å²) in [5, 5.41) is 12.4. The number of aromatic nitrogens is 1. The molecule has 4 nitrogen and oxygen atoms in total. The van der Waals surface area contributed by atoms with Gasteiger partial charge in [-0.1, -0.05) is 13.8 Å². The van der Waals surface area contributed by atoms with E-state index >= 15 is 0 Å². The Morgan fingerprint density at radius 1 is 1.44 bits per heavy atom. The molecule has 1 aliphatic rings. The third kappa shape index (κ3) is 3.00.